The molecule has 0 unspecified atom stereocenters. The highest BCUT2D eigenvalue weighted by Crippen LogP contribution is 2.19. The average Bonchev–Trinajstić information content (AvgIpc) is 2.11. The summed E-state index contributed by atoms with van der Waals surface area (Å²) >= 11 is 0. The highest BCUT2D eigenvalue weighted by Gasteiger charge is 2.22. The number of anilines is 1. The van der Waals surface area contributed by atoms with Gasteiger partial charge in [0.05, 0.1) is 0 Å². The molecule has 1 aromatic heterocycles. The lowest BCUT2D eigenvalue weighted by molar-refractivity contribution is -0.438. The summed E-state index contributed by atoms with van der Waals surface area (Å²) in [4.78, 5) is 0. The Kier molecular flexibility index (Phi) is 1.39. The first-order chi connectivity index (χ1) is 4.50. The minimum Gasteiger partial charge on any atom is -0.372 e. The Morgan fingerprint density at radius 2 is 2.10 bits per heavy atom. The maximum atomic E-state index is 5.29. The van der Waals surface area contributed by atoms with Gasteiger partial charge in [-0.2, -0.15) is 0 Å². The normalized spacial score (nSPS) is 11.9. The van der Waals surface area contributed by atoms with E-state index >= 15 is 0 Å². The zero-order valence-corrected chi connectivity index (χ0v) is 6.43. The molecule has 56 valence electrons. The van der Waals surface area contributed by atoms with Crippen molar-refractivity contribution in [3.05, 3.63) is 5.89 Å². The third-order valence-corrected chi connectivity index (χ3v) is 1.12. The smallest absolute Gasteiger partial charge is 0.372 e. The first-order valence-corrected chi connectivity index (χ1v) is 3.14. The van der Waals surface area contributed by atoms with Crippen LogP contribution in [0.1, 0.15) is 26.7 Å². The third-order valence-electron chi connectivity index (χ3n) is 1.12. The molecule has 4 heteroatoms. The van der Waals surface area contributed by atoms with E-state index in [2.05, 4.69) is 10.2 Å². The SMILES string of the molecule is CC(C)(C)c1n[nH+]c(N)o1. The molecule has 0 fully saturated rings. The summed E-state index contributed by atoms with van der Waals surface area (Å²) < 4.78 is 5.06. The number of aromatic nitrogens is 2. The molecule has 0 aliphatic rings. The Hall–Kier alpha value is -1.06. The van der Waals surface area contributed by atoms with E-state index in [4.69, 9.17) is 10.2 Å². The van der Waals surface area contributed by atoms with Gasteiger partial charge in [0.2, 0.25) is 5.89 Å². The van der Waals surface area contributed by atoms with E-state index in [1.807, 2.05) is 20.8 Å². The van der Waals surface area contributed by atoms with Gasteiger partial charge in [0.25, 0.3) is 0 Å². The van der Waals surface area contributed by atoms with Crippen LogP contribution in [-0.2, 0) is 5.41 Å². The van der Waals surface area contributed by atoms with Crippen molar-refractivity contribution in [2.45, 2.75) is 26.2 Å². The van der Waals surface area contributed by atoms with Crippen molar-refractivity contribution in [1.29, 1.82) is 0 Å². The molecule has 0 saturated heterocycles. The predicted octanol–water partition coefficient (Wildman–Crippen LogP) is 0.368. The van der Waals surface area contributed by atoms with Crippen LogP contribution >= 0.6 is 0 Å². The highest BCUT2D eigenvalue weighted by atomic mass is 16.4. The number of H-pyrrole nitrogens is 1. The molecule has 0 spiro atoms. The van der Waals surface area contributed by atoms with Gasteiger partial charge < -0.3 is 4.42 Å². The Balaban J connectivity index is 2.96. The van der Waals surface area contributed by atoms with Crippen LogP contribution < -0.4 is 10.8 Å². The molecule has 1 aromatic rings. The number of nitrogen functional groups attached to an aromatic ring is 1. The average molecular weight is 142 g/mol. The lowest BCUT2D eigenvalue weighted by atomic mass is 9.97. The maximum Gasteiger partial charge on any atom is 0.472 e. The Morgan fingerprint density at radius 3 is 2.30 bits per heavy atom. The number of nitrogens with two attached hydrogens (primary N) is 1. The Morgan fingerprint density at radius 1 is 1.50 bits per heavy atom. The Labute approximate surface area is 59.4 Å². The van der Waals surface area contributed by atoms with Crippen molar-refractivity contribution in [2.75, 3.05) is 5.73 Å². The summed E-state index contributed by atoms with van der Waals surface area (Å²) in [5.74, 6) is 0.630. The van der Waals surface area contributed by atoms with Crippen LogP contribution in [0.5, 0.6) is 0 Å². The van der Waals surface area contributed by atoms with Crippen molar-refractivity contribution in [2.24, 2.45) is 0 Å². The highest BCUT2D eigenvalue weighted by molar-refractivity contribution is 5.01. The van der Waals surface area contributed by atoms with Crippen LogP contribution in [0, 0.1) is 0 Å². The van der Waals surface area contributed by atoms with Gasteiger partial charge in [0.1, 0.15) is 0 Å². The van der Waals surface area contributed by atoms with E-state index in [0.29, 0.717) is 5.89 Å². The molecular weight excluding hydrogens is 130 g/mol. The number of aromatic amines is 1. The summed E-state index contributed by atoms with van der Waals surface area (Å²) in [7, 11) is 0. The van der Waals surface area contributed by atoms with Gasteiger partial charge in [-0.1, -0.05) is 20.8 Å². The van der Waals surface area contributed by atoms with Crippen LogP contribution in [0.4, 0.5) is 6.01 Å². The number of hydrogen-bond acceptors (Lipinski definition) is 3. The van der Waals surface area contributed by atoms with E-state index in [1.54, 1.807) is 0 Å². The molecule has 4 nitrogen and oxygen atoms in total. The van der Waals surface area contributed by atoms with Gasteiger partial charge >= 0.3 is 6.01 Å². The van der Waals surface area contributed by atoms with Gasteiger partial charge in [0, 0.05) is 5.41 Å². The van der Waals surface area contributed by atoms with Gasteiger partial charge in [-0.25, -0.2) is 0 Å². The molecule has 1 rings (SSSR count). The van der Waals surface area contributed by atoms with Gasteiger partial charge in [-0.3, -0.25) is 5.73 Å². The second-order valence-corrected chi connectivity index (χ2v) is 3.25. The molecule has 1 heterocycles. The van der Waals surface area contributed by atoms with Gasteiger partial charge in [-0.15, -0.1) is 5.10 Å². The van der Waals surface area contributed by atoms with Gasteiger partial charge in [0.15, 0.2) is 0 Å². The minimum atomic E-state index is -0.0753. The van der Waals surface area contributed by atoms with Crippen LogP contribution in [-0.4, -0.2) is 5.10 Å². The molecule has 0 aliphatic carbocycles. The van der Waals surface area contributed by atoms with E-state index < -0.39 is 0 Å². The van der Waals surface area contributed by atoms with Crippen LogP contribution in [0.25, 0.3) is 0 Å². The van der Waals surface area contributed by atoms with Crippen molar-refractivity contribution < 1.29 is 9.52 Å². The van der Waals surface area contributed by atoms with Crippen molar-refractivity contribution in [1.82, 2.24) is 5.10 Å². The van der Waals surface area contributed by atoms with Crippen LogP contribution in [0.15, 0.2) is 4.42 Å². The lowest BCUT2D eigenvalue weighted by Gasteiger charge is -2.09. The molecule has 0 saturated carbocycles. The molecule has 0 amide bonds. The number of hydrogen-bond donors (Lipinski definition) is 1. The summed E-state index contributed by atoms with van der Waals surface area (Å²) in [6.45, 7) is 6.02. The molecule has 0 atom stereocenters. The molecule has 3 N–H and O–H groups in total. The standard InChI is InChI=1S/C6H11N3O/c1-6(2,3)4-8-9-5(7)10-4/h1-3H3,(H2,7,9)/p+1. The first-order valence-electron chi connectivity index (χ1n) is 3.14. The van der Waals surface area contributed by atoms with Crippen LogP contribution in [0.2, 0.25) is 0 Å². The van der Waals surface area contributed by atoms with Gasteiger partial charge in [-0.05, 0) is 5.10 Å². The quantitative estimate of drug-likeness (QED) is 0.569. The van der Waals surface area contributed by atoms with E-state index in [9.17, 15) is 0 Å². The molecule has 0 aliphatic heterocycles. The summed E-state index contributed by atoms with van der Waals surface area (Å²) in [5, 5.41) is 6.41. The van der Waals surface area contributed by atoms with E-state index in [-0.39, 0.29) is 11.4 Å². The summed E-state index contributed by atoms with van der Waals surface area (Å²) in [6.07, 6.45) is 0. The fourth-order valence-electron chi connectivity index (χ4n) is 0.576. The summed E-state index contributed by atoms with van der Waals surface area (Å²) in [5.41, 5.74) is 5.22. The van der Waals surface area contributed by atoms with E-state index in [0.717, 1.165) is 0 Å². The molecule has 10 heavy (non-hydrogen) atoms. The molecule has 0 radical (unpaired) electrons. The monoisotopic (exact) mass is 142 g/mol. The zero-order chi connectivity index (χ0) is 7.78. The van der Waals surface area contributed by atoms with Crippen LogP contribution in [0.3, 0.4) is 0 Å². The minimum absolute atomic E-state index is 0.0753. The van der Waals surface area contributed by atoms with E-state index in [1.165, 1.54) is 0 Å². The summed E-state index contributed by atoms with van der Waals surface area (Å²) in [6, 6.07) is 0.255. The number of nitrogens with zero attached hydrogens (tertiary/aromatic N) is 1. The second kappa shape index (κ2) is 1.97. The van der Waals surface area contributed by atoms with Crippen molar-refractivity contribution in [3.63, 3.8) is 0 Å². The first kappa shape index (κ1) is 7.05. The maximum absolute atomic E-state index is 5.29. The lowest BCUT2D eigenvalue weighted by Crippen LogP contribution is -2.14. The molecule has 0 aromatic carbocycles. The van der Waals surface area contributed by atoms with Crippen molar-refractivity contribution in [3.8, 4) is 0 Å². The zero-order valence-electron chi connectivity index (χ0n) is 6.43. The third kappa shape index (κ3) is 1.26. The molecular formula is C6H12N3O+. The fraction of sp³-hybridized carbons (Fsp3) is 0.667. The topological polar surface area (TPSA) is 66.2 Å². The number of rotatable bonds is 0. The second-order valence-electron chi connectivity index (χ2n) is 3.25. The largest absolute Gasteiger partial charge is 0.472 e. The fourth-order valence-corrected chi connectivity index (χ4v) is 0.576. The Bertz CT molecular complexity index is 223. The molecule has 0 bridgehead atoms. The predicted molar refractivity (Wildman–Crippen MR) is 36.2 cm³/mol. The number of nitrogens with one attached hydrogen (secondary N) is 1. The van der Waals surface area contributed by atoms with Crippen molar-refractivity contribution >= 4 is 6.01 Å².